The van der Waals surface area contributed by atoms with Crippen LogP contribution < -0.4 is 24.3 Å². The Morgan fingerprint density at radius 2 is 1.79 bits per heavy atom. The number of alkyl halides is 3. The van der Waals surface area contributed by atoms with Gasteiger partial charge >= 0.3 is 12.2 Å². The minimum Gasteiger partial charge on any atom is -0.497 e. The molecule has 1 amide bonds. The monoisotopic (exact) mass is 458 g/mol. The van der Waals surface area contributed by atoms with Crippen LogP contribution >= 0.6 is 0 Å². The van der Waals surface area contributed by atoms with Gasteiger partial charge in [0.15, 0.2) is 12.3 Å². The number of carbonyl (C=O) groups excluding carboxylic acids is 1. The average molecular weight is 458 g/mol. The van der Waals surface area contributed by atoms with Gasteiger partial charge in [-0.3, -0.25) is 4.79 Å². The number of anilines is 1. The van der Waals surface area contributed by atoms with Crippen LogP contribution in [0.1, 0.15) is 11.1 Å². The molecule has 3 aromatic rings. The van der Waals surface area contributed by atoms with Gasteiger partial charge < -0.3 is 24.3 Å². The number of nitrogens with one attached hydrogen (secondary N) is 1. The molecule has 168 valence electrons. The molecule has 2 aromatic carbocycles. The van der Waals surface area contributed by atoms with Gasteiger partial charge in [0.2, 0.25) is 5.88 Å². The van der Waals surface area contributed by atoms with Gasteiger partial charge in [0.1, 0.15) is 17.2 Å². The molecule has 0 saturated heterocycles. The first kappa shape index (κ1) is 21.7. The molecule has 1 aliphatic heterocycles. The van der Waals surface area contributed by atoms with Crippen LogP contribution in [0.2, 0.25) is 0 Å². The van der Waals surface area contributed by atoms with Crippen molar-refractivity contribution < 1.29 is 36.9 Å². The van der Waals surface area contributed by atoms with Gasteiger partial charge in [-0.15, -0.1) is 0 Å². The summed E-state index contributed by atoms with van der Waals surface area (Å²) < 4.78 is 60.0. The van der Waals surface area contributed by atoms with Crippen LogP contribution in [0.15, 0.2) is 42.5 Å². The number of carbonyl (C=O) groups is 1. The number of benzene rings is 2. The summed E-state index contributed by atoms with van der Waals surface area (Å²) in [5.74, 6) is -0.185. The molecule has 2 heterocycles. The predicted molar refractivity (Wildman–Crippen MR) is 105 cm³/mol. The highest BCUT2D eigenvalue weighted by Gasteiger charge is 2.30. The fraction of sp³-hybridized carbons (Fsp3) is 0.143. The highest BCUT2D eigenvalue weighted by molar-refractivity contribution is 5.96. The van der Waals surface area contributed by atoms with Gasteiger partial charge in [0.25, 0.3) is 11.8 Å². The van der Waals surface area contributed by atoms with Crippen LogP contribution in [-0.2, 0) is 11.0 Å². The van der Waals surface area contributed by atoms with Crippen LogP contribution in [0.3, 0.4) is 0 Å². The Hall–Kier alpha value is -4.53. The first-order valence-corrected chi connectivity index (χ1v) is 9.22. The summed E-state index contributed by atoms with van der Waals surface area (Å²) >= 11 is 0. The highest BCUT2D eigenvalue weighted by atomic mass is 19.4. The lowest BCUT2D eigenvalue weighted by atomic mass is 10.2. The van der Waals surface area contributed by atoms with Crippen LogP contribution in [0.4, 0.5) is 18.9 Å². The molecule has 4 rings (SSSR count). The second-order valence-electron chi connectivity index (χ2n) is 6.56. The maximum Gasteiger partial charge on any atom is 0.416 e. The number of nitriles is 1. The summed E-state index contributed by atoms with van der Waals surface area (Å²) in [5, 5.41) is 11.7. The number of rotatable bonds is 5. The molecular weight excluding hydrogens is 445 g/mol. The predicted octanol–water partition coefficient (Wildman–Crippen LogP) is 4.29. The van der Waals surface area contributed by atoms with E-state index >= 15 is 0 Å². The van der Waals surface area contributed by atoms with Crippen molar-refractivity contribution in [3.05, 3.63) is 53.6 Å². The quantitative estimate of drug-likeness (QED) is 0.602. The molecule has 1 aliphatic rings. The van der Waals surface area contributed by atoms with E-state index in [0.29, 0.717) is 5.75 Å². The zero-order chi connectivity index (χ0) is 23.6. The van der Waals surface area contributed by atoms with E-state index in [1.807, 2.05) is 6.07 Å². The summed E-state index contributed by atoms with van der Waals surface area (Å²) in [5.41, 5.74) is -0.580. The van der Waals surface area contributed by atoms with Crippen LogP contribution in [0, 0.1) is 11.3 Å². The van der Waals surface area contributed by atoms with Gasteiger partial charge in [-0.25, -0.2) is 0 Å². The molecule has 0 unspecified atom stereocenters. The molecule has 0 radical (unpaired) electrons. The van der Waals surface area contributed by atoms with Crippen molar-refractivity contribution in [2.24, 2.45) is 0 Å². The van der Waals surface area contributed by atoms with Crippen molar-refractivity contribution in [1.82, 2.24) is 9.97 Å². The molecule has 0 bridgehead atoms. The van der Waals surface area contributed by atoms with Crippen molar-refractivity contribution in [2.75, 3.05) is 19.0 Å². The third-order valence-electron chi connectivity index (χ3n) is 4.28. The first-order chi connectivity index (χ1) is 15.7. The molecule has 0 aliphatic carbocycles. The fourth-order valence-electron chi connectivity index (χ4n) is 2.78. The van der Waals surface area contributed by atoms with Crippen molar-refractivity contribution in [2.45, 2.75) is 6.18 Å². The zero-order valence-corrected chi connectivity index (χ0v) is 16.8. The highest BCUT2D eigenvalue weighted by Crippen LogP contribution is 2.39. The SMILES string of the molecule is COc1cc(C#N)cc(Oc2nc(Oc3ccc(C(F)(F)F)cc3)nc3c2NC(=O)CO3)c1. The number of ether oxygens (including phenoxy) is 4. The van der Waals surface area contributed by atoms with E-state index in [1.54, 1.807) is 0 Å². The normalized spacial score (nSPS) is 12.6. The maximum atomic E-state index is 12.8. The summed E-state index contributed by atoms with van der Waals surface area (Å²) in [6, 6.07) is 9.96. The number of halogens is 3. The lowest BCUT2D eigenvalue weighted by Gasteiger charge is -2.20. The maximum absolute atomic E-state index is 12.8. The van der Waals surface area contributed by atoms with Gasteiger partial charge in [0.05, 0.1) is 24.3 Å². The summed E-state index contributed by atoms with van der Waals surface area (Å²) in [4.78, 5) is 19.9. The number of hydrogen-bond acceptors (Lipinski definition) is 8. The number of methoxy groups -OCH3 is 1. The molecule has 0 spiro atoms. The lowest BCUT2D eigenvalue weighted by Crippen LogP contribution is -2.26. The second kappa shape index (κ2) is 8.54. The molecule has 33 heavy (non-hydrogen) atoms. The van der Waals surface area contributed by atoms with Gasteiger partial charge in [-0.05, 0) is 36.4 Å². The Bertz CT molecular complexity index is 1260. The van der Waals surface area contributed by atoms with Crippen molar-refractivity contribution in [1.29, 1.82) is 5.26 Å². The lowest BCUT2D eigenvalue weighted by molar-refractivity contribution is -0.137. The molecule has 9 nitrogen and oxygen atoms in total. The third-order valence-corrected chi connectivity index (χ3v) is 4.28. The Morgan fingerprint density at radius 3 is 2.45 bits per heavy atom. The van der Waals surface area contributed by atoms with E-state index in [0.717, 1.165) is 24.3 Å². The number of nitrogens with zero attached hydrogens (tertiary/aromatic N) is 3. The number of hydrogen-bond donors (Lipinski definition) is 1. The van der Waals surface area contributed by atoms with Crippen LogP contribution in [-0.4, -0.2) is 29.6 Å². The topological polar surface area (TPSA) is 116 Å². The Kier molecular flexibility index (Phi) is 5.61. The molecular formula is C21H13F3N4O5. The van der Waals surface area contributed by atoms with Gasteiger partial charge in [-0.1, -0.05) is 0 Å². The molecule has 0 saturated carbocycles. The molecule has 1 aromatic heterocycles. The van der Waals surface area contributed by atoms with Gasteiger partial charge in [-0.2, -0.15) is 28.4 Å². The van der Waals surface area contributed by atoms with E-state index in [9.17, 15) is 23.2 Å². The average Bonchev–Trinajstić information content (AvgIpc) is 2.79. The minimum atomic E-state index is -4.49. The van der Waals surface area contributed by atoms with Crippen molar-refractivity contribution in [3.63, 3.8) is 0 Å². The molecule has 12 heteroatoms. The smallest absolute Gasteiger partial charge is 0.416 e. The Balaban J connectivity index is 1.69. The van der Waals surface area contributed by atoms with E-state index in [4.69, 9.17) is 18.9 Å². The van der Waals surface area contributed by atoms with E-state index in [-0.39, 0.29) is 47.1 Å². The zero-order valence-electron chi connectivity index (χ0n) is 16.8. The molecule has 1 N–H and O–H groups in total. The second-order valence-corrected chi connectivity index (χ2v) is 6.56. The standard InChI is InChI=1S/C21H13F3N4O5/c1-30-14-6-11(9-25)7-15(8-14)32-19-17-18(31-10-16(29)26-17)27-20(28-19)33-13-4-2-12(3-5-13)21(22,23)24/h2-8H,10H2,1H3,(H,26,29). The van der Waals surface area contributed by atoms with Crippen molar-refractivity contribution in [3.8, 4) is 41.1 Å². The van der Waals surface area contributed by atoms with Gasteiger partial charge in [0, 0.05) is 6.07 Å². The Morgan fingerprint density at radius 1 is 1.06 bits per heavy atom. The van der Waals surface area contributed by atoms with E-state index in [2.05, 4.69) is 15.3 Å². The number of fused-ring (bicyclic) bond motifs is 1. The van der Waals surface area contributed by atoms with Crippen LogP contribution in [0.5, 0.6) is 35.0 Å². The van der Waals surface area contributed by atoms with E-state index in [1.165, 1.54) is 25.3 Å². The molecule has 0 fully saturated rings. The number of amides is 1. The summed E-state index contributed by atoms with van der Waals surface area (Å²) in [6.45, 7) is -0.319. The summed E-state index contributed by atoms with van der Waals surface area (Å²) in [7, 11) is 1.41. The largest absolute Gasteiger partial charge is 0.497 e. The number of aromatic nitrogens is 2. The molecule has 0 atom stereocenters. The van der Waals surface area contributed by atoms with Crippen molar-refractivity contribution >= 4 is 11.6 Å². The third kappa shape index (κ3) is 4.87. The van der Waals surface area contributed by atoms with Crippen LogP contribution in [0.25, 0.3) is 0 Å². The van der Waals surface area contributed by atoms with E-state index < -0.39 is 17.6 Å². The Labute approximate surface area is 184 Å². The minimum absolute atomic E-state index is 0.0207. The summed E-state index contributed by atoms with van der Waals surface area (Å²) in [6.07, 6.45) is -4.49. The first-order valence-electron chi connectivity index (χ1n) is 9.22. The fourth-order valence-corrected chi connectivity index (χ4v) is 2.78.